The number of fused-ring (bicyclic) bond motifs is 2. The van der Waals surface area contributed by atoms with Crippen LogP contribution in [0.25, 0.3) is 0 Å². The van der Waals surface area contributed by atoms with E-state index in [0.29, 0.717) is 48.2 Å². The van der Waals surface area contributed by atoms with Crippen LogP contribution in [0.15, 0.2) is 26.6 Å². The van der Waals surface area contributed by atoms with Crippen LogP contribution in [-0.2, 0) is 34.3 Å². The third-order valence-electron chi connectivity index (χ3n) is 5.28. The lowest BCUT2D eigenvalue weighted by Gasteiger charge is -2.05. The minimum absolute atomic E-state index is 0.0176. The summed E-state index contributed by atoms with van der Waals surface area (Å²) in [5, 5.41) is 8.70. The van der Waals surface area contributed by atoms with Crippen LogP contribution in [0.3, 0.4) is 0 Å². The van der Waals surface area contributed by atoms with E-state index < -0.39 is 32.6 Å². The molecule has 5 N–H and O–H groups in total. The predicted octanol–water partition coefficient (Wildman–Crippen LogP) is 1.37. The largest absolute Gasteiger partial charge is 0.394 e. The summed E-state index contributed by atoms with van der Waals surface area (Å²) in [6.45, 7) is 0. The Balaban J connectivity index is 0.000000215. The van der Waals surface area contributed by atoms with E-state index in [1.54, 1.807) is 6.07 Å². The van der Waals surface area contributed by atoms with Gasteiger partial charge < -0.3 is 14.5 Å². The first-order chi connectivity index (χ1) is 16.8. The second kappa shape index (κ2) is 12.6. The number of carbonyl (C=O) groups excluding carboxylic acids is 2. The Bertz CT molecular complexity index is 1440. The summed E-state index contributed by atoms with van der Waals surface area (Å²) in [6.07, 6.45) is 5.65. The van der Waals surface area contributed by atoms with Gasteiger partial charge in [0.15, 0.2) is 22.6 Å². The van der Waals surface area contributed by atoms with Crippen LogP contribution in [0.2, 0.25) is 0 Å². The summed E-state index contributed by atoms with van der Waals surface area (Å²) in [7, 11) is -4.67. The Morgan fingerprint density at radius 3 is 1.67 bits per heavy atom. The van der Waals surface area contributed by atoms with Gasteiger partial charge in [-0.05, 0) is 50.7 Å². The monoisotopic (exact) mass is 541 g/mol. The van der Waals surface area contributed by atoms with Crippen molar-refractivity contribution in [2.24, 2.45) is 0 Å². The van der Waals surface area contributed by atoms with Gasteiger partial charge in [0, 0.05) is 35.4 Å². The molecule has 0 fully saturated rings. The number of aryl methyl sites for hydroxylation is 2. The van der Waals surface area contributed by atoms with E-state index in [1.807, 2.05) is 0 Å². The average molecular weight is 542 g/mol. The Morgan fingerprint density at radius 2 is 1.22 bits per heavy atom. The molecule has 1 unspecified atom stereocenters. The van der Waals surface area contributed by atoms with Gasteiger partial charge in [-0.1, -0.05) is 0 Å². The highest BCUT2D eigenvalue weighted by molar-refractivity contribution is 7.80. The van der Waals surface area contributed by atoms with Crippen LogP contribution in [-0.4, -0.2) is 47.8 Å². The number of ketones is 2. The first-order valence-corrected chi connectivity index (χ1v) is 13.1. The maximum atomic E-state index is 11.7. The molecule has 36 heavy (non-hydrogen) atoms. The zero-order valence-corrected chi connectivity index (χ0v) is 20.4. The summed E-state index contributed by atoms with van der Waals surface area (Å²) in [6, 6.07) is 4.46. The van der Waals surface area contributed by atoms with Crippen molar-refractivity contribution in [2.45, 2.75) is 56.3 Å². The van der Waals surface area contributed by atoms with Crippen LogP contribution >= 0.6 is 0 Å². The molecule has 13 nitrogen and oxygen atoms in total. The van der Waals surface area contributed by atoms with Crippen LogP contribution in [0.1, 0.15) is 76.2 Å². The molecule has 2 aliphatic carbocycles. The summed E-state index contributed by atoms with van der Waals surface area (Å²) >= 11 is -2.36. The second-order valence-corrected chi connectivity index (χ2v) is 9.66. The number of nitrogens with one attached hydrogen (secondary N) is 2. The summed E-state index contributed by atoms with van der Waals surface area (Å²) < 4.78 is 51.4. The first kappa shape index (κ1) is 28.9. The fourth-order valence-corrected chi connectivity index (χ4v) is 4.10. The third-order valence-corrected chi connectivity index (χ3v) is 5.96. The van der Waals surface area contributed by atoms with Crippen molar-refractivity contribution >= 4 is 33.0 Å². The zero-order chi connectivity index (χ0) is 27.0. The number of nitrogens with zero attached hydrogens (tertiary/aromatic N) is 1. The van der Waals surface area contributed by atoms with Crippen LogP contribution in [0, 0.1) is 11.3 Å². The quantitative estimate of drug-likeness (QED) is 0.196. The number of rotatable bonds is 1. The molecule has 15 heteroatoms. The van der Waals surface area contributed by atoms with Crippen molar-refractivity contribution in [1.82, 2.24) is 9.97 Å². The van der Waals surface area contributed by atoms with Crippen molar-refractivity contribution in [1.29, 1.82) is 5.26 Å². The average Bonchev–Trinajstić information content (AvgIpc) is 3.06. The molecule has 0 saturated heterocycles. The highest BCUT2D eigenvalue weighted by Crippen LogP contribution is 2.19. The van der Waals surface area contributed by atoms with Gasteiger partial charge in [0.05, 0.1) is 0 Å². The highest BCUT2D eigenvalue weighted by atomic mass is 32.3. The number of H-pyrrole nitrogens is 2. The van der Waals surface area contributed by atoms with Gasteiger partial charge in [-0.3, -0.25) is 28.3 Å². The van der Waals surface area contributed by atoms with Crippen molar-refractivity contribution in [2.75, 3.05) is 0 Å². The van der Waals surface area contributed by atoms with Gasteiger partial charge in [0.25, 0.3) is 11.1 Å². The fourth-order valence-electron chi connectivity index (χ4n) is 3.67. The first-order valence-electron chi connectivity index (χ1n) is 10.6. The van der Waals surface area contributed by atoms with Crippen molar-refractivity contribution in [3.05, 3.63) is 60.9 Å². The molecular formula is C21H23N3O10S2. The minimum Gasteiger partial charge on any atom is -0.324 e. The maximum Gasteiger partial charge on any atom is 0.394 e. The van der Waals surface area contributed by atoms with Gasteiger partial charge in [0.1, 0.15) is 16.5 Å². The van der Waals surface area contributed by atoms with E-state index in [4.69, 9.17) is 27.3 Å². The number of Topliss-reactive ketones (excluding diaryl/α,β-unsaturated/α-hetero) is 2. The molecule has 0 radical (unpaired) electrons. The lowest BCUT2D eigenvalue weighted by molar-refractivity contribution is 0.0973. The van der Waals surface area contributed by atoms with Crippen LogP contribution in [0.4, 0.5) is 0 Å². The van der Waals surface area contributed by atoms with E-state index in [9.17, 15) is 23.4 Å². The molecular weight excluding hydrogens is 518 g/mol. The van der Waals surface area contributed by atoms with Gasteiger partial charge in [0.2, 0.25) is 0 Å². The molecule has 1 atom stereocenters. The Morgan fingerprint density at radius 1 is 0.806 bits per heavy atom. The molecule has 0 amide bonds. The molecule has 4 rings (SSSR count). The molecule has 2 heterocycles. The number of aromatic nitrogens is 2. The summed E-state index contributed by atoms with van der Waals surface area (Å²) in [5.41, 5.74) is 1.20. The van der Waals surface area contributed by atoms with E-state index >= 15 is 0 Å². The zero-order valence-electron chi connectivity index (χ0n) is 18.8. The number of pyridine rings is 2. The molecule has 2 aliphatic rings. The Kier molecular flexibility index (Phi) is 10.1. The Hall–Kier alpha value is -3.29. The maximum absolute atomic E-state index is 11.7. The Labute approximate surface area is 207 Å². The lowest BCUT2D eigenvalue weighted by atomic mass is 10.1. The molecule has 2 aromatic rings. The molecule has 0 aromatic carbocycles. The smallest absolute Gasteiger partial charge is 0.324 e. The van der Waals surface area contributed by atoms with Crippen LogP contribution in [0.5, 0.6) is 0 Å². The third kappa shape index (κ3) is 8.43. The SMILES string of the molecule is N#Cc1cc2c([nH]c1=O)CCCCC2=O.O=C1CCCCc2[nH]c(=O)c(S(=O)O)cc21.O=S(=O)(O)O. The van der Waals surface area contributed by atoms with Gasteiger partial charge in [-0.2, -0.15) is 13.7 Å². The summed E-state index contributed by atoms with van der Waals surface area (Å²) in [4.78, 5) is 51.0. The molecule has 0 aliphatic heterocycles. The minimum atomic E-state index is -4.67. The predicted molar refractivity (Wildman–Crippen MR) is 126 cm³/mol. The van der Waals surface area contributed by atoms with Crippen molar-refractivity contribution in [3.8, 4) is 6.07 Å². The van der Waals surface area contributed by atoms with Crippen molar-refractivity contribution in [3.63, 3.8) is 0 Å². The standard InChI is InChI=1S/C11H10N2O2.C10H11NO4S.H2O4S/c12-6-7-5-8-9(13-11(7)15)3-1-2-4-10(8)14;12-8-4-2-1-3-7-6(8)5-9(16(14)15)10(13)11-7;1-5(2,3)4/h5H,1-4H2,(H,13,15);5H,1-4H2,(H,11,13)(H,14,15);(H2,1,2,3,4). The topological polar surface area (TPSA) is 236 Å². The van der Waals surface area contributed by atoms with Crippen LogP contribution < -0.4 is 11.1 Å². The molecule has 2 aromatic heterocycles. The van der Waals surface area contributed by atoms with E-state index in [-0.39, 0.29) is 22.0 Å². The highest BCUT2D eigenvalue weighted by Gasteiger charge is 2.20. The van der Waals surface area contributed by atoms with Gasteiger partial charge in [-0.25, -0.2) is 4.21 Å². The second-order valence-electron chi connectivity index (χ2n) is 7.83. The molecule has 0 bridgehead atoms. The number of nitriles is 1. The lowest BCUT2D eigenvalue weighted by Crippen LogP contribution is -2.18. The van der Waals surface area contributed by atoms with Gasteiger partial charge in [-0.15, -0.1) is 0 Å². The summed E-state index contributed by atoms with van der Waals surface area (Å²) in [5.74, 6) is -0.0503. The van der Waals surface area contributed by atoms with Gasteiger partial charge >= 0.3 is 10.4 Å². The number of hydrogen-bond acceptors (Lipinski definition) is 8. The fraction of sp³-hybridized carbons (Fsp3) is 0.381. The molecule has 194 valence electrons. The number of carbonyl (C=O) groups is 2. The number of hydrogen-bond donors (Lipinski definition) is 5. The normalized spacial score (nSPS) is 15.8. The molecule has 0 saturated carbocycles. The van der Waals surface area contributed by atoms with E-state index in [0.717, 1.165) is 25.7 Å². The van der Waals surface area contributed by atoms with E-state index in [2.05, 4.69) is 9.97 Å². The van der Waals surface area contributed by atoms with E-state index in [1.165, 1.54) is 12.1 Å². The van der Waals surface area contributed by atoms with Crippen molar-refractivity contribution < 1.29 is 35.9 Å². The number of aromatic amines is 2. The molecule has 0 spiro atoms.